The second-order valence-electron chi connectivity index (χ2n) is 7.52. The first-order chi connectivity index (χ1) is 16.1. The molecule has 0 saturated carbocycles. The molecule has 0 bridgehead atoms. The Kier molecular flexibility index (Phi) is 7.54. The number of aryl methyl sites for hydroxylation is 2. The average Bonchev–Trinajstić information content (AvgIpc) is 3.49. The number of nitrogens with zero attached hydrogens (tertiary/aromatic N) is 2. The molecule has 0 saturated heterocycles. The lowest BCUT2D eigenvalue weighted by Gasteiger charge is -2.16. The molecule has 4 rings (SSSR count). The fraction of sp³-hybridized carbons (Fsp3) is 0.400. The summed E-state index contributed by atoms with van der Waals surface area (Å²) in [7, 11) is 0. The highest BCUT2D eigenvalue weighted by atomic mass is 32.2. The van der Waals surface area contributed by atoms with Gasteiger partial charge >= 0.3 is 0 Å². The minimum Gasteiger partial charge on any atom is -0.490 e. The molecule has 7 nitrogen and oxygen atoms in total. The molecule has 1 aliphatic carbocycles. The Hall–Kier alpha value is -3.00. The van der Waals surface area contributed by atoms with Gasteiger partial charge in [-0.05, 0) is 69.4 Å². The van der Waals surface area contributed by atoms with Crippen molar-refractivity contribution in [1.29, 1.82) is 0 Å². The van der Waals surface area contributed by atoms with E-state index in [1.54, 1.807) is 12.1 Å². The number of rotatable bonds is 11. The molecule has 8 heteroatoms. The van der Waals surface area contributed by atoms with Gasteiger partial charge in [0.25, 0.3) is 5.22 Å². The summed E-state index contributed by atoms with van der Waals surface area (Å²) in [5, 5.41) is 8.61. The van der Waals surface area contributed by atoms with Crippen molar-refractivity contribution in [2.45, 2.75) is 45.3 Å². The van der Waals surface area contributed by atoms with Crippen molar-refractivity contribution in [1.82, 2.24) is 10.2 Å². The molecule has 0 spiro atoms. The summed E-state index contributed by atoms with van der Waals surface area (Å²) in [6, 6.07) is 9.61. The number of hydrogen-bond donors (Lipinski definition) is 0. The monoisotopic (exact) mass is 468 g/mol. The normalized spacial score (nSPS) is 12.5. The molecule has 0 N–H and O–H groups in total. The Bertz CT molecular complexity index is 1100. The van der Waals surface area contributed by atoms with Crippen molar-refractivity contribution < 1.29 is 23.4 Å². The fourth-order valence-electron chi connectivity index (χ4n) is 3.85. The van der Waals surface area contributed by atoms with Gasteiger partial charge in [0.05, 0.1) is 25.6 Å². The van der Waals surface area contributed by atoms with Crippen LogP contribution in [-0.2, 0) is 12.8 Å². The quantitative estimate of drug-likeness (QED) is 0.273. The second-order valence-corrected chi connectivity index (χ2v) is 8.45. The van der Waals surface area contributed by atoms with Gasteiger partial charge < -0.3 is 18.6 Å². The third-order valence-corrected chi connectivity index (χ3v) is 6.13. The van der Waals surface area contributed by atoms with Crippen LogP contribution >= 0.6 is 11.8 Å². The Balaban J connectivity index is 1.49. The number of aromatic nitrogens is 2. The lowest BCUT2D eigenvalue weighted by Crippen LogP contribution is -2.03. The number of ketones is 1. The molecule has 1 aromatic heterocycles. The van der Waals surface area contributed by atoms with Gasteiger partial charge in [0, 0.05) is 11.1 Å². The van der Waals surface area contributed by atoms with E-state index in [0.29, 0.717) is 53.7 Å². The van der Waals surface area contributed by atoms with Gasteiger partial charge in [-0.15, -0.1) is 10.2 Å². The fourth-order valence-corrected chi connectivity index (χ4v) is 4.51. The predicted molar refractivity (Wildman–Crippen MR) is 127 cm³/mol. The van der Waals surface area contributed by atoms with E-state index in [1.807, 2.05) is 32.9 Å². The number of fused-ring (bicyclic) bond motifs is 1. The highest BCUT2D eigenvalue weighted by Crippen LogP contribution is 2.42. The van der Waals surface area contributed by atoms with Gasteiger partial charge in [-0.25, -0.2) is 0 Å². The van der Waals surface area contributed by atoms with Crippen LogP contribution in [0.15, 0.2) is 40.0 Å². The maximum absolute atomic E-state index is 12.7. The molecule has 0 unspecified atom stereocenters. The average molecular weight is 469 g/mol. The van der Waals surface area contributed by atoms with Crippen molar-refractivity contribution >= 4 is 17.5 Å². The first kappa shape index (κ1) is 23.2. The Labute approximate surface area is 197 Å². The highest BCUT2D eigenvalue weighted by Gasteiger charge is 2.20. The van der Waals surface area contributed by atoms with Crippen molar-refractivity contribution in [2.75, 3.05) is 25.6 Å². The van der Waals surface area contributed by atoms with Crippen molar-refractivity contribution in [3.05, 3.63) is 47.0 Å². The van der Waals surface area contributed by atoms with Crippen LogP contribution in [0, 0.1) is 0 Å². The van der Waals surface area contributed by atoms with Crippen molar-refractivity contribution in [2.24, 2.45) is 0 Å². The second kappa shape index (κ2) is 10.7. The lowest BCUT2D eigenvalue weighted by atomic mass is 10.0. The summed E-state index contributed by atoms with van der Waals surface area (Å²) < 4.78 is 23.1. The van der Waals surface area contributed by atoms with E-state index in [0.717, 1.165) is 24.8 Å². The van der Waals surface area contributed by atoms with Gasteiger partial charge in [0.2, 0.25) is 11.6 Å². The molecule has 0 fully saturated rings. The van der Waals surface area contributed by atoms with Crippen LogP contribution in [0.5, 0.6) is 17.2 Å². The van der Waals surface area contributed by atoms with Gasteiger partial charge in [0.15, 0.2) is 17.3 Å². The molecule has 0 radical (unpaired) electrons. The molecule has 0 atom stereocenters. The van der Waals surface area contributed by atoms with Crippen LogP contribution in [0.1, 0.15) is 48.7 Å². The van der Waals surface area contributed by atoms with E-state index < -0.39 is 0 Å². The maximum Gasteiger partial charge on any atom is 0.277 e. The van der Waals surface area contributed by atoms with Crippen LogP contribution in [0.3, 0.4) is 0 Å². The molecular formula is C25H28N2O5S. The van der Waals surface area contributed by atoms with E-state index >= 15 is 0 Å². The molecule has 0 aliphatic heterocycles. The van der Waals surface area contributed by atoms with Gasteiger partial charge in [-0.2, -0.15) is 0 Å². The third kappa shape index (κ3) is 5.33. The highest BCUT2D eigenvalue weighted by molar-refractivity contribution is 7.99. The summed E-state index contributed by atoms with van der Waals surface area (Å²) in [6.07, 6.45) is 3.31. The van der Waals surface area contributed by atoms with Crippen LogP contribution < -0.4 is 14.2 Å². The number of Topliss-reactive ketones (excluding diaryl/α,β-unsaturated/α-hetero) is 1. The largest absolute Gasteiger partial charge is 0.490 e. The van der Waals surface area contributed by atoms with E-state index in [-0.39, 0.29) is 11.5 Å². The number of carbonyl (C=O) groups is 1. The molecular weight excluding hydrogens is 440 g/mol. The molecule has 2 aromatic carbocycles. The Morgan fingerprint density at radius 2 is 1.64 bits per heavy atom. The minimum absolute atomic E-state index is 0.0489. The standard InChI is InChI=1S/C25H28N2O5S/c1-4-29-21-13-19(14-22(30-5-2)23(21)31-6-3)24-26-27-25(32-24)33-15-20(28)18-11-10-16-8-7-9-17(16)12-18/h10-14H,4-9,15H2,1-3H3. The topological polar surface area (TPSA) is 83.7 Å². The van der Waals surface area contributed by atoms with E-state index in [4.69, 9.17) is 18.6 Å². The van der Waals surface area contributed by atoms with Crippen LogP contribution in [0.2, 0.25) is 0 Å². The van der Waals surface area contributed by atoms with Gasteiger partial charge in [-0.3, -0.25) is 4.79 Å². The van der Waals surface area contributed by atoms with E-state index in [9.17, 15) is 4.79 Å². The molecule has 0 amide bonds. The number of hydrogen-bond acceptors (Lipinski definition) is 8. The number of benzene rings is 2. The Morgan fingerprint density at radius 1 is 0.939 bits per heavy atom. The zero-order valence-corrected chi connectivity index (χ0v) is 20.0. The predicted octanol–water partition coefficient (Wildman–Crippen LogP) is 5.40. The van der Waals surface area contributed by atoms with Crippen molar-refractivity contribution in [3.63, 3.8) is 0 Å². The summed E-state index contributed by atoms with van der Waals surface area (Å²) in [4.78, 5) is 12.7. The van der Waals surface area contributed by atoms with Gasteiger partial charge in [0.1, 0.15) is 0 Å². The van der Waals surface area contributed by atoms with Crippen molar-refractivity contribution in [3.8, 4) is 28.7 Å². The zero-order valence-electron chi connectivity index (χ0n) is 19.2. The van der Waals surface area contributed by atoms with Crippen LogP contribution in [-0.4, -0.2) is 41.6 Å². The number of ether oxygens (including phenoxy) is 3. The van der Waals surface area contributed by atoms with Gasteiger partial charge in [-0.1, -0.05) is 23.9 Å². The first-order valence-electron chi connectivity index (χ1n) is 11.3. The first-order valence-corrected chi connectivity index (χ1v) is 12.3. The summed E-state index contributed by atoms with van der Waals surface area (Å²) in [6.45, 7) is 7.16. The molecule has 33 heavy (non-hydrogen) atoms. The smallest absolute Gasteiger partial charge is 0.277 e. The van der Waals surface area contributed by atoms with Crippen LogP contribution in [0.25, 0.3) is 11.5 Å². The van der Waals surface area contributed by atoms with Crippen LogP contribution in [0.4, 0.5) is 0 Å². The Morgan fingerprint density at radius 3 is 2.33 bits per heavy atom. The molecule has 1 aliphatic rings. The summed E-state index contributed by atoms with van der Waals surface area (Å²) in [5.41, 5.74) is 4.04. The maximum atomic E-state index is 12.7. The zero-order chi connectivity index (χ0) is 23.2. The molecule has 1 heterocycles. The summed E-state index contributed by atoms with van der Waals surface area (Å²) >= 11 is 1.24. The van der Waals surface area contributed by atoms with E-state index in [2.05, 4.69) is 16.3 Å². The van der Waals surface area contributed by atoms with E-state index in [1.165, 1.54) is 22.9 Å². The molecule has 3 aromatic rings. The third-order valence-electron chi connectivity index (χ3n) is 5.31. The number of thioether (sulfide) groups is 1. The lowest BCUT2D eigenvalue weighted by molar-refractivity contribution is 0.102. The molecule has 174 valence electrons. The minimum atomic E-state index is 0.0489. The number of carbonyl (C=O) groups excluding carboxylic acids is 1. The SMILES string of the molecule is CCOc1cc(-c2nnc(SCC(=O)c3ccc4c(c3)CCC4)o2)cc(OCC)c1OCC. The summed E-state index contributed by atoms with van der Waals surface area (Å²) in [5.74, 6) is 2.27.